The van der Waals surface area contributed by atoms with E-state index in [1.165, 1.54) is 33.0 Å². The molecule has 5 heteroatoms. The molecule has 0 amide bonds. The van der Waals surface area contributed by atoms with Crippen molar-refractivity contribution >= 4 is 21.8 Å². The summed E-state index contributed by atoms with van der Waals surface area (Å²) < 4.78 is 3.37. The molecule has 8 aromatic rings. The lowest BCUT2D eigenvalue weighted by molar-refractivity contribution is 0.795. The van der Waals surface area contributed by atoms with Crippen LogP contribution in [0.5, 0.6) is 0 Å². The number of rotatable bonds is 4. The third kappa shape index (κ3) is 3.99. The van der Waals surface area contributed by atoms with Crippen molar-refractivity contribution in [3.05, 3.63) is 144 Å². The van der Waals surface area contributed by atoms with E-state index >= 15 is 0 Å². The molecule has 0 aliphatic heterocycles. The molecule has 0 spiro atoms. The van der Waals surface area contributed by atoms with Crippen LogP contribution in [0, 0.1) is 0 Å². The Bertz CT molecular complexity index is 2550. The Kier molecular flexibility index (Phi) is 5.71. The van der Waals surface area contributed by atoms with Crippen molar-refractivity contribution in [2.75, 3.05) is 0 Å². The van der Waals surface area contributed by atoms with E-state index in [0.29, 0.717) is 5.82 Å². The number of hydrogen-bond donors (Lipinski definition) is 0. The molecule has 2 heterocycles. The number of hydrogen-bond acceptors (Lipinski definition) is 3. The Morgan fingerprint density at radius 3 is 1.85 bits per heavy atom. The zero-order chi connectivity index (χ0) is 30.9. The number of fused-ring (bicyclic) bond motifs is 4. The maximum atomic E-state index is 12.5. The standard InChI is InChI=1S/C41H28N4O/c1-44-37-21-19-29(23-38(37)45(2)41(44)46)25-14-16-26(17-15-25)35-24-36(43-40(42-35)28-8-4-3-5-9-28)30-18-20-31-32-12-6-10-27-11-7-13-33(39(27)32)34(31)22-30/h3-24H,1-2H3. The maximum absolute atomic E-state index is 12.5. The van der Waals surface area contributed by atoms with Gasteiger partial charge in [0.15, 0.2) is 5.82 Å². The average molecular weight is 593 g/mol. The molecule has 5 nitrogen and oxygen atoms in total. The van der Waals surface area contributed by atoms with Gasteiger partial charge in [0.2, 0.25) is 0 Å². The molecule has 0 N–H and O–H groups in total. The lowest BCUT2D eigenvalue weighted by Crippen LogP contribution is -2.19. The molecule has 0 fully saturated rings. The van der Waals surface area contributed by atoms with Gasteiger partial charge in [-0.2, -0.15) is 0 Å². The molecule has 6 aromatic carbocycles. The summed E-state index contributed by atoms with van der Waals surface area (Å²) in [5.41, 5.74) is 13.8. The molecular formula is C41H28N4O. The van der Waals surface area contributed by atoms with Crippen LogP contribution in [-0.4, -0.2) is 19.1 Å². The predicted octanol–water partition coefficient (Wildman–Crippen LogP) is 9.14. The Morgan fingerprint density at radius 1 is 0.457 bits per heavy atom. The van der Waals surface area contributed by atoms with Crippen molar-refractivity contribution < 1.29 is 0 Å². The van der Waals surface area contributed by atoms with Gasteiger partial charge in [-0.05, 0) is 68.4 Å². The number of benzene rings is 6. The predicted molar refractivity (Wildman–Crippen MR) is 187 cm³/mol. The molecular weight excluding hydrogens is 564 g/mol. The van der Waals surface area contributed by atoms with E-state index < -0.39 is 0 Å². The third-order valence-corrected chi connectivity index (χ3v) is 9.34. The van der Waals surface area contributed by atoms with Gasteiger partial charge in [-0.15, -0.1) is 0 Å². The Balaban J connectivity index is 1.15. The van der Waals surface area contributed by atoms with Gasteiger partial charge in [0.25, 0.3) is 0 Å². The molecule has 0 saturated heterocycles. The zero-order valence-corrected chi connectivity index (χ0v) is 25.4. The highest BCUT2D eigenvalue weighted by Gasteiger charge is 2.22. The Hall–Kier alpha value is -6.07. The largest absolute Gasteiger partial charge is 0.328 e. The Morgan fingerprint density at radius 2 is 1.09 bits per heavy atom. The van der Waals surface area contributed by atoms with Crippen molar-refractivity contribution in [3.63, 3.8) is 0 Å². The number of aromatic nitrogens is 4. The second kappa shape index (κ2) is 9.98. The van der Waals surface area contributed by atoms with Gasteiger partial charge in [-0.1, -0.05) is 109 Å². The van der Waals surface area contributed by atoms with Crippen LogP contribution >= 0.6 is 0 Å². The van der Waals surface area contributed by atoms with E-state index in [0.717, 1.165) is 50.2 Å². The van der Waals surface area contributed by atoms with E-state index in [9.17, 15) is 4.79 Å². The van der Waals surface area contributed by atoms with Gasteiger partial charge in [0, 0.05) is 30.8 Å². The van der Waals surface area contributed by atoms with Crippen LogP contribution in [0.4, 0.5) is 0 Å². The molecule has 46 heavy (non-hydrogen) atoms. The average Bonchev–Trinajstić information content (AvgIpc) is 3.55. The van der Waals surface area contributed by atoms with Crippen LogP contribution in [0.3, 0.4) is 0 Å². The second-order valence-electron chi connectivity index (χ2n) is 12.0. The van der Waals surface area contributed by atoms with Gasteiger partial charge in [-0.3, -0.25) is 9.13 Å². The van der Waals surface area contributed by atoms with Crippen molar-refractivity contribution in [3.8, 4) is 67.3 Å². The molecule has 0 saturated carbocycles. The van der Waals surface area contributed by atoms with E-state index in [1.807, 2.05) is 31.3 Å². The highest BCUT2D eigenvalue weighted by molar-refractivity contribution is 6.15. The molecule has 0 bridgehead atoms. The third-order valence-electron chi connectivity index (χ3n) is 9.34. The van der Waals surface area contributed by atoms with Gasteiger partial charge < -0.3 is 0 Å². The molecule has 218 valence electrons. The monoisotopic (exact) mass is 592 g/mol. The van der Waals surface area contributed by atoms with E-state index in [1.54, 1.807) is 16.2 Å². The summed E-state index contributed by atoms with van der Waals surface area (Å²) in [7, 11) is 3.62. The molecule has 9 rings (SSSR count). The first-order chi connectivity index (χ1) is 22.5. The highest BCUT2D eigenvalue weighted by Crippen LogP contribution is 2.48. The van der Waals surface area contributed by atoms with Crippen LogP contribution < -0.4 is 5.69 Å². The molecule has 0 radical (unpaired) electrons. The summed E-state index contributed by atoms with van der Waals surface area (Å²) in [5.74, 6) is 0.693. The minimum atomic E-state index is -0.0266. The van der Waals surface area contributed by atoms with Crippen LogP contribution in [0.15, 0.2) is 138 Å². The molecule has 1 aliphatic carbocycles. The van der Waals surface area contributed by atoms with Gasteiger partial charge in [-0.25, -0.2) is 14.8 Å². The fourth-order valence-corrected chi connectivity index (χ4v) is 6.93. The van der Waals surface area contributed by atoms with Gasteiger partial charge in [0.1, 0.15) is 0 Å². The van der Waals surface area contributed by atoms with Crippen LogP contribution in [0.2, 0.25) is 0 Å². The lowest BCUT2D eigenvalue weighted by atomic mass is 9.98. The topological polar surface area (TPSA) is 52.7 Å². The van der Waals surface area contributed by atoms with Crippen LogP contribution in [0.1, 0.15) is 0 Å². The fourth-order valence-electron chi connectivity index (χ4n) is 6.93. The molecule has 2 aromatic heterocycles. The van der Waals surface area contributed by atoms with Gasteiger partial charge >= 0.3 is 5.69 Å². The number of imidazole rings is 1. The first kappa shape index (κ1) is 26.3. The highest BCUT2D eigenvalue weighted by atomic mass is 16.1. The smallest absolute Gasteiger partial charge is 0.295 e. The summed E-state index contributed by atoms with van der Waals surface area (Å²) in [6.07, 6.45) is 0. The van der Waals surface area contributed by atoms with Crippen molar-refractivity contribution in [2.45, 2.75) is 0 Å². The summed E-state index contributed by atoms with van der Waals surface area (Å²) in [6.45, 7) is 0. The summed E-state index contributed by atoms with van der Waals surface area (Å²) in [5, 5.41) is 2.58. The molecule has 0 unspecified atom stereocenters. The number of nitrogens with zero attached hydrogens (tertiary/aromatic N) is 4. The molecule has 1 aliphatic rings. The maximum Gasteiger partial charge on any atom is 0.328 e. The van der Waals surface area contributed by atoms with E-state index in [4.69, 9.17) is 9.97 Å². The van der Waals surface area contributed by atoms with Crippen molar-refractivity contribution in [1.29, 1.82) is 0 Å². The van der Waals surface area contributed by atoms with Crippen molar-refractivity contribution in [2.24, 2.45) is 14.1 Å². The first-order valence-electron chi connectivity index (χ1n) is 15.4. The SMILES string of the molecule is Cn1c(=O)n(C)c2cc(-c3ccc(-c4cc(-c5ccc6c(c5)-c5cccc7cccc-6c57)nc(-c5ccccc5)n4)cc3)ccc21. The zero-order valence-electron chi connectivity index (χ0n) is 25.4. The Labute approximate surface area is 265 Å². The fraction of sp³-hybridized carbons (Fsp3) is 0.0488. The second-order valence-corrected chi connectivity index (χ2v) is 12.0. The normalized spacial score (nSPS) is 11.8. The quantitative estimate of drug-likeness (QED) is 0.205. The number of aryl methyl sites for hydroxylation is 2. The first-order valence-corrected chi connectivity index (χ1v) is 15.4. The minimum Gasteiger partial charge on any atom is -0.295 e. The van der Waals surface area contributed by atoms with E-state index in [2.05, 4.69) is 109 Å². The molecule has 0 atom stereocenters. The van der Waals surface area contributed by atoms with E-state index in [-0.39, 0.29) is 5.69 Å². The van der Waals surface area contributed by atoms with Crippen LogP contribution in [0.25, 0.3) is 89.1 Å². The van der Waals surface area contributed by atoms with Gasteiger partial charge in [0.05, 0.1) is 22.4 Å². The lowest BCUT2D eigenvalue weighted by Gasteiger charge is -2.11. The summed E-state index contributed by atoms with van der Waals surface area (Å²) >= 11 is 0. The minimum absolute atomic E-state index is 0.0266. The van der Waals surface area contributed by atoms with Crippen LogP contribution in [-0.2, 0) is 14.1 Å². The summed E-state index contributed by atoms with van der Waals surface area (Å²) in [6, 6.07) is 46.7. The summed E-state index contributed by atoms with van der Waals surface area (Å²) in [4.78, 5) is 22.6. The van der Waals surface area contributed by atoms with Crippen molar-refractivity contribution in [1.82, 2.24) is 19.1 Å².